The van der Waals surface area contributed by atoms with Crippen molar-refractivity contribution in [2.75, 3.05) is 6.61 Å². The number of carboxylic acids is 1. The summed E-state index contributed by atoms with van der Waals surface area (Å²) in [6.07, 6.45) is 2.63. The van der Waals surface area contributed by atoms with Gasteiger partial charge >= 0.3 is 5.97 Å². The summed E-state index contributed by atoms with van der Waals surface area (Å²) < 4.78 is 0. The summed E-state index contributed by atoms with van der Waals surface area (Å²) in [5.74, 6) is -1.99. The molecule has 0 unspecified atom stereocenters. The van der Waals surface area contributed by atoms with E-state index in [-0.39, 0.29) is 10.6 Å². The lowest BCUT2D eigenvalue weighted by molar-refractivity contribution is -0.140. The number of amides is 1. The van der Waals surface area contributed by atoms with Crippen LogP contribution in [-0.4, -0.2) is 39.7 Å². The SMILES string of the molecule is O=C(N[C@H](CO)C(=O)O)c1ccncc1Cl. The van der Waals surface area contributed by atoms with Crippen LogP contribution in [0.2, 0.25) is 5.02 Å². The molecule has 16 heavy (non-hydrogen) atoms. The zero-order valence-electron chi connectivity index (χ0n) is 8.05. The van der Waals surface area contributed by atoms with Crippen molar-refractivity contribution in [2.24, 2.45) is 0 Å². The average Bonchev–Trinajstić information content (AvgIpc) is 2.25. The van der Waals surface area contributed by atoms with Gasteiger partial charge in [0, 0.05) is 12.4 Å². The predicted molar refractivity (Wildman–Crippen MR) is 55.2 cm³/mol. The molecule has 0 spiro atoms. The molecule has 0 saturated heterocycles. The van der Waals surface area contributed by atoms with Gasteiger partial charge < -0.3 is 15.5 Å². The Bertz CT molecular complexity index is 410. The van der Waals surface area contributed by atoms with Crippen LogP contribution >= 0.6 is 11.6 Å². The molecule has 0 bridgehead atoms. The lowest BCUT2D eigenvalue weighted by atomic mass is 10.2. The Morgan fingerprint density at radius 3 is 2.75 bits per heavy atom. The summed E-state index contributed by atoms with van der Waals surface area (Å²) >= 11 is 5.69. The first-order valence-electron chi connectivity index (χ1n) is 4.30. The van der Waals surface area contributed by atoms with E-state index in [1.807, 2.05) is 0 Å². The summed E-state index contributed by atoms with van der Waals surface area (Å²) in [7, 11) is 0. The van der Waals surface area contributed by atoms with Gasteiger partial charge in [0.2, 0.25) is 0 Å². The van der Waals surface area contributed by atoms with E-state index >= 15 is 0 Å². The van der Waals surface area contributed by atoms with Crippen LogP contribution in [0.25, 0.3) is 0 Å². The van der Waals surface area contributed by atoms with Gasteiger partial charge in [0.15, 0.2) is 6.04 Å². The maximum Gasteiger partial charge on any atom is 0.328 e. The fourth-order valence-corrected chi connectivity index (χ4v) is 1.19. The van der Waals surface area contributed by atoms with E-state index in [9.17, 15) is 9.59 Å². The molecule has 3 N–H and O–H groups in total. The zero-order chi connectivity index (χ0) is 12.1. The van der Waals surface area contributed by atoms with Crippen molar-refractivity contribution >= 4 is 23.5 Å². The second-order valence-electron chi connectivity index (χ2n) is 2.90. The van der Waals surface area contributed by atoms with Crippen molar-refractivity contribution in [3.05, 3.63) is 29.0 Å². The van der Waals surface area contributed by atoms with Crippen molar-refractivity contribution in [2.45, 2.75) is 6.04 Å². The van der Waals surface area contributed by atoms with Gasteiger partial charge in [-0.3, -0.25) is 9.78 Å². The summed E-state index contributed by atoms with van der Waals surface area (Å²) in [5, 5.41) is 19.6. The first kappa shape index (κ1) is 12.4. The van der Waals surface area contributed by atoms with Crippen LogP contribution in [0.4, 0.5) is 0 Å². The monoisotopic (exact) mass is 244 g/mol. The number of hydrogen-bond donors (Lipinski definition) is 3. The highest BCUT2D eigenvalue weighted by Gasteiger charge is 2.20. The lowest BCUT2D eigenvalue weighted by Gasteiger charge is -2.11. The number of nitrogens with zero attached hydrogens (tertiary/aromatic N) is 1. The van der Waals surface area contributed by atoms with Crippen molar-refractivity contribution in [3.63, 3.8) is 0 Å². The number of aliphatic hydroxyl groups is 1. The third-order valence-corrected chi connectivity index (χ3v) is 2.10. The first-order valence-corrected chi connectivity index (χ1v) is 4.68. The highest BCUT2D eigenvalue weighted by molar-refractivity contribution is 6.33. The summed E-state index contributed by atoms with van der Waals surface area (Å²) in [6, 6.07) is 0.00486. The minimum absolute atomic E-state index is 0.108. The van der Waals surface area contributed by atoms with Crippen molar-refractivity contribution < 1.29 is 19.8 Å². The van der Waals surface area contributed by atoms with Crippen LogP contribution < -0.4 is 5.32 Å². The Labute approximate surface area is 95.9 Å². The Balaban J connectivity index is 2.80. The highest BCUT2D eigenvalue weighted by atomic mass is 35.5. The number of aromatic nitrogens is 1. The van der Waals surface area contributed by atoms with E-state index in [2.05, 4.69) is 10.3 Å². The number of carbonyl (C=O) groups is 2. The minimum atomic E-state index is -1.35. The average molecular weight is 245 g/mol. The molecule has 0 aliphatic heterocycles. The van der Waals surface area contributed by atoms with Crippen LogP contribution in [-0.2, 0) is 4.79 Å². The molecule has 1 aromatic heterocycles. The van der Waals surface area contributed by atoms with Crippen molar-refractivity contribution in [1.29, 1.82) is 0 Å². The minimum Gasteiger partial charge on any atom is -0.480 e. The molecule has 1 amide bonds. The standard InChI is InChI=1S/C9H9ClN2O4/c10-6-3-11-2-1-5(6)8(14)12-7(4-13)9(15)16/h1-3,7,13H,4H2,(H,12,14)(H,15,16)/t7-/m1/s1. The van der Waals surface area contributed by atoms with Crippen molar-refractivity contribution in [1.82, 2.24) is 10.3 Å². The van der Waals surface area contributed by atoms with Crippen LogP contribution in [0.1, 0.15) is 10.4 Å². The van der Waals surface area contributed by atoms with E-state index in [4.69, 9.17) is 21.8 Å². The third-order valence-electron chi connectivity index (χ3n) is 1.80. The van der Waals surface area contributed by atoms with Gasteiger partial charge in [-0.1, -0.05) is 11.6 Å². The largest absolute Gasteiger partial charge is 0.480 e. The van der Waals surface area contributed by atoms with E-state index in [1.54, 1.807) is 0 Å². The van der Waals surface area contributed by atoms with Gasteiger partial charge in [0.1, 0.15) is 0 Å². The fourth-order valence-electron chi connectivity index (χ4n) is 0.981. The van der Waals surface area contributed by atoms with E-state index in [0.717, 1.165) is 0 Å². The number of pyridine rings is 1. The van der Waals surface area contributed by atoms with Gasteiger partial charge in [0.25, 0.3) is 5.91 Å². The van der Waals surface area contributed by atoms with Crippen LogP contribution in [0.3, 0.4) is 0 Å². The molecule has 1 atom stereocenters. The number of rotatable bonds is 4. The fraction of sp³-hybridized carbons (Fsp3) is 0.222. The van der Waals surface area contributed by atoms with Gasteiger partial charge in [-0.05, 0) is 6.07 Å². The maximum atomic E-state index is 11.5. The summed E-state index contributed by atoms with van der Waals surface area (Å²) in [6.45, 7) is -0.691. The second-order valence-corrected chi connectivity index (χ2v) is 3.31. The smallest absolute Gasteiger partial charge is 0.328 e. The normalized spacial score (nSPS) is 11.9. The lowest BCUT2D eigenvalue weighted by Crippen LogP contribution is -2.43. The molecule has 0 aliphatic rings. The molecule has 0 aliphatic carbocycles. The van der Waals surface area contributed by atoms with E-state index < -0.39 is 24.5 Å². The van der Waals surface area contributed by atoms with Gasteiger partial charge in [-0.2, -0.15) is 0 Å². The molecular formula is C9H9ClN2O4. The highest BCUT2D eigenvalue weighted by Crippen LogP contribution is 2.12. The Morgan fingerprint density at radius 2 is 2.25 bits per heavy atom. The molecule has 7 heteroatoms. The van der Waals surface area contributed by atoms with Crippen LogP contribution in [0.5, 0.6) is 0 Å². The molecule has 0 radical (unpaired) electrons. The molecule has 86 valence electrons. The van der Waals surface area contributed by atoms with Crippen LogP contribution in [0.15, 0.2) is 18.5 Å². The summed E-state index contributed by atoms with van der Waals surface area (Å²) in [5.41, 5.74) is 0.108. The van der Waals surface area contributed by atoms with Gasteiger partial charge in [-0.25, -0.2) is 4.79 Å². The topological polar surface area (TPSA) is 99.5 Å². The van der Waals surface area contributed by atoms with E-state index in [1.165, 1.54) is 18.5 Å². The molecule has 0 fully saturated rings. The maximum absolute atomic E-state index is 11.5. The Morgan fingerprint density at radius 1 is 1.56 bits per heavy atom. The second kappa shape index (κ2) is 5.43. The summed E-state index contributed by atoms with van der Waals surface area (Å²) in [4.78, 5) is 25.8. The number of aliphatic hydroxyl groups excluding tert-OH is 1. The van der Waals surface area contributed by atoms with E-state index in [0.29, 0.717) is 0 Å². The number of carbonyl (C=O) groups excluding carboxylic acids is 1. The number of halogens is 1. The molecule has 0 aromatic carbocycles. The molecule has 1 rings (SSSR count). The van der Waals surface area contributed by atoms with Gasteiger partial charge in [0.05, 0.1) is 17.2 Å². The third kappa shape index (κ3) is 2.91. The predicted octanol–water partition coefficient (Wildman–Crippen LogP) is -0.0897. The molecule has 1 aromatic rings. The first-order chi connectivity index (χ1) is 7.56. The van der Waals surface area contributed by atoms with Crippen LogP contribution in [0, 0.1) is 0 Å². The Kier molecular flexibility index (Phi) is 4.21. The number of nitrogens with one attached hydrogen (secondary N) is 1. The quantitative estimate of drug-likeness (QED) is 0.687. The Hall–Kier alpha value is -1.66. The molecule has 1 heterocycles. The van der Waals surface area contributed by atoms with Gasteiger partial charge in [-0.15, -0.1) is 0 Å². The number of hydrogen-bond acceptors (Lipinski definition) is 4. The number of aliphatic carboxylic acids is 1. The molecular weight excluding hydrogens is 236 g/mol. The van der Waals surface area contributed by atoms with Crippen molar-refractivity contribution in [3.8, 4) is 0 Å². The number of carboxylic acid groups (broad SMARTS) is 1. The molecule has 0 saturated carbocycles. The molecule has 6 nitrogen and oxygen atoms in total. The zero-order valence-corrected chi connectivity index (χ0v) is 8.81.